The summed E-state index contributed by atoms with van der Waals surface area (Å²) in [6, 6.07) is 26.0. The van der Waals surface area contributed by atoms with E-state index < -0.39 is 18.0 Å². The van der Waals surface area contributed by atoms with E-state index >= 15 is 0 Å². The Morgan fingerprint density at radius 3 is 2.36 bits per heavy atom. The number of aromatic nitrogens is 1. The van der Waals surface area contributed by atoms with E-state index in [1.165, 1.54) is 15.9 Å². The fourth-order valence-electron chi connectivity index (χ4n) is 5.13. The normalized spacial score (nSPS) is 14.6. The summed E-state index contributed by atoms with van der Waals surface area (Å²) in [4.78, 5) is 45.1. The zero-order chi connectivity index (χ0) is 31.5. The maximum Gasteiger partial charge on any atom is 0.338 e. The van der Waals surface area contributed by atoms with E-state index in [4.69, 9.17) is 30.5 Å². The molecule has 3 aromatic carbocycles. The van der Waals surface area contributed by atoms with Gasteiger partial charge in [-0.05, 0) is 55.8 Å². The number of fused-ring (bicyclic) bond motifs is 1. The van der Waals surface area contributed by atoms with Crippen LogP contribution in [0.1, 0.15) is 47.1 Å². The molecule has 1 aliphatic heterocycles. The van der Waals surface area contributed by atoms with E-state index in [1.807, 2.05) is 36.4 Å². The van der Waals surface area contributed by atoms with Crippen molar-refractivity contribution < 1.29 is 23.5 Å². The summed E-state index contributed by atoms with van der Waals surface area (Å²) in [6.07, 6.45) is 1.65. The van der Waals surface area contributed by atoms with Gasteiger partial charge in [-0.3, -0.25) is 9.36 Å². The average Bonchev–Trinajstić information content (AvgIpc) is 3.65. The molecule has 0 N–H and O–H groups in total. The second kappa shape index (κ2) is 12.9. The number of hydrogen-bond donors (Lipinski definition) is 0. The summed E-state index contributed by atoms with van der Waals surface area (Å²) in [5, 5.41) is 0.525. The fourth-order valence-corrected chi connectivity index (χ4v) is 6.24. The van der Waals surface area contributed by atoms with Gasteiger partial charge in [-0.15, -0.1) is 0 Å². The highest BCUT2D eigenvalue weighted by Gasteiger charge is 2.35. The molecule has 6 rings (SSSR count). The van der Waals surface area contributed by atoms with Crippen LogP contribution >= 0.6 is 22.9 Å². The van der Waals surface area contributed by atoms with Crippen molar-refractivity contribution in [1.29, 1.82) is 0 Å². The Kier molecular flexibility index (Phi) is 8.64. The smallest absolute Gasteiger partial charge is 0.338 e. The van der Waals surface area contributed by atoms with E-state index in [9.17, 15) is 14.4 Å². The largest absolute Gasteiger partial charge is 0.463 e. The van der Waals surface area contributed by atoms with Crippen LogP contribution in [-0.4, -0.2) is 29.7 Å². The number of furan rings is 1. The third-order valence-electron chi connectivity index (χ3n) is 7.12. The fraction of sp³-hybridized carbons (Fsp3) is 0.143. The first-order valence-corrected chi connectivity index (χ1v) is 15.5. The van der Waals surface area contributed by atoms with Crippen LogP contribution in [0.15, 0.2) is 111 Å². The second-order valence-corrected chi connectivity index (χ2v) is 11.4. The van der Waals surface area contributed by atoms with Crippen LogP contribution in [-0.2, 0) is 14.3 Å². The minimum absolute atomic E-state index is 0.158. The van der Waals surface area contributed by atoms with Crippen molar-refractivity contribution in [2.75, 3.05) is 13.2 Å². The van der Waals surface area contributed by atoms with Gasteiger partial charge in [0.05, 0.1) is 40.6 Å². The summed E-state index contributed by atoms with van der Waals surface area (Å²) >= 11 is 7.40. The first kappa shape index (κ1) is 30.1. The van der Waals surface area contributed by atoms with Crippen molar-refractivity contribution in [2.45, 2.75) is 19.9 Å². The minimum Gasteiger partial charge on any atom is -0.463 e. The molecule has 0 spiro atoms. The molecule has 226 valence electrons. The standard InChI is InChI=1S/C35H27ClN2O6S/c1-3-42-33(40)24-12-8-11-23(19-24)27-18-17-26(44-27)20-28-32(39)38-31(22-13-15-25(36)16-14-22)29(34(41)43-4-2)30(37-35(38)45-28)21-9-6-5-7-10-21/h5-20,31H,3-4H2,1-2H3. The Labute approximate surface area is 267 Å². The van der Waals surface area contributed by atoms with Gasteiger partial charge in [0.25, 0.3) is 5.56 Å². The number of carbonyl (C=O) groups is 2. The van der Waals surface area contributed by atoms with Crippen LogP contribution in [0.5, 0.6) is 0 Å². The van der Waals surface area contributed by atoms with Gasteiger partial charge in [-0.1, -0.05) is 77.5 Å². The third-order valence-corrected chi connectivity index (χ3v) is 8.35. The number of hydrogen-bond acceptors (Lipinski definition) is 8. The molecule has 0 bridgehead atoms. The minimum atomic E-state index is -0.812. The topological polar surface area (TPSA) is 100 Å². The van der Waals surface area contributed by atoms with Crippen LogP contribution in [0.2, 0.25) is 5.02 Å². The van der Waals surface area contributed by atoms with Crippen molar-refractivity contribution in [3.63, 3.8) is 0 Å². The van der Waals surface area contributed by atoms with Gasteiger partial charge in [0.2, 0.25) is 0 Å². The number of halogens is 1. The van der Waals surface area contributed by atoms with E-state index in [0.29, 0.717) is 48.3 Å². The number of ether oxygens (including phenoxy) is 2. The quantitative estimate of drug-likeness (QED) is 0.193. The predicted octanol–water partition coefficient (Wildman–Crippen LogP) is 6.03. The molecule has 0 aliphatic carbocycles. The molecule has 2 aromatic heterocycles. The zero-order valence-electron chi connectivity index (χ0n) is 24.4. The Morgan fingerprint density at radius 2 is 1.62 bits per heavy atom. The molecule has 8 nitrogen and oxygen atoms in total. The number of thiazole rings is 1. The van der Waals surface area contributed by atoms with Crippen molar-refractivity contribution >= 4 is 46.6 Å². The van der Waals surface area contributed by atoms with E-state index in [0.717, 1.165) is 5.56 Å². The van der Waals surface area contributed by atoms with Gasteiger partial charge >= 0.3 is 11.9 Å². The number of rotatable bonds is 8. The van der Waals surface area contributed by atoms with Crippen LogP contribution in [0.4, 0.5) is 0 Å². The SMILES string of the molecule is CCOC(=O)C1=C(c2ccccc2)N=c2sc(=Cc3ccc(-c4cccc(C(=O)OCC)c4)o3)c(=O)n2C1c1ccc(Cl)cc1. The lowest BCUT2D eigenvalue weighted by Crippen LogP contribution is -2.39. The van der Waals surface area contributed by atoms with Gasteiger partial charge in [0.1, 0.15) is 11.5 Å². The lowest BCUT2D eigenvalue weighted by molar-refractivity contribution is -0.138. The van der Waals surface area contributed by atoms with Crippen molar-refractivity contribution in [1.82, 2.24) is 4.57 Å². The van der Waals surface area contributed by atoms with Crippen LogP contribution in [0.25, 0.3) is 23.1 Å². The molecule has 0 saturated carbocycles. The van der Waals surface area contributed by atoms with Gasteiger partial charge in [0, 0.05) is 22.2 Å². The van der Waals surface area contributed by atoms with Gasteiger partial charge in [0.15, 0.2) is 4.80 Å². The highest BCUT2D eigenvalue weighted by molar-refractivity contribution is 7.07. The van der Waals surface area contributed by atoms with Crippen molar-refractivity contribution in [2.24, 2.45) is 4.99 Å². The summed E-state index contributed by atoms with van der Waals surface area (Å²) in [7, 11) is 0. The zero-order valence-corrected chi connectivity index (χ0v) is 25.9. The van der Waals surface area contributed by atoms with Crippen molar-refractivity contribution in [3.8, 4) is 11.3 Å². The van der Waals surface area contributed by atoms with Crippen LogP contribution in [0, 0.1) is 0 Å². The van der Waals surface area contributed by atoms with Crippen molar-refractivity contribution in [3.05, 3.63) is 144 Å². The van der Waals surface area contributed by atoms with Gasteiger partial charge < -0.3 is 13.9 Å². The molecule has 0 amide bonds. The summed E-state index contributed by atoms with van der Waals surface area (Å²) in [5.41, 5.74) is 2.85. The third kappa shape index (κ3) is 6.05. The Balaban J connectivity index is 1.50. The predicted molar refractivity (Wildman–Crippen MR) is 173 cm³/mol. The summed E-state index contributed by atoms with van der Waals surface area (Å²) in [6.45, 7) is 3.92. The van der Waals surface area contributed by atoms with Gasteiger partial charge in [-0.2, -0.15) is 0 Å². The van der Waals surface area contributed by atoms with Crippen LogP contribution in [0.3, 0.4) is 0 Å². The molecule has 3 heterocycles. The number of benzene rings is 3. The summed E-state index contributed by atoms with van der Waals surface area (Å²) in [5.74, 6) is -0.0162. The van der Waals surface area contributed by atoms with Crippen LogP contribution < -0.4 is 14.9 Å². The number of nitrogens with zero attached hydrogens (tertiary/aromatic N) is 2. The van der Waals surface area contributed by atoms with E-state index in [-0.39, 0.29) is 24.3 Å². The van der Waals surface area contributed by atoms with E-state index in [2.05, 4.69) is 0 Å². The lowest BCUT2D eigenvalue weighted by atomic mass is 9.93. The molecular formula is C35H27ClN2O6S. The lowest BCUT2D eigenvalue weighted by Gasteiger charge is -2.25. The molecule has 1 unspecified atom stereocenters. The maximum atomic E-state index is 14.1. The molecular weight excluding hydrogens is 612 g/mol. The number of carbonyl (C=O) groups excluding carboxylic acids is 2. The summed E-state index contributed by atoms with van der Waals surface area (Å²) < 4.78 is 18.6. The first-order valence-electron chi connectivity index (χ1n) is 14.3. The molecule has 0 saturated heterocycles. The molecule has 1 aliphatic rings. The Morgan fingerprint density at radius 1 is 0.911 bits per heavy atom. The van der Waals surface area contributed by atoms with Gasteiger partial charge in [-0.25, -0.2) is 14.6 Å². The monoisotopic (exact) mass is 638 g/mol. The Hall–Kier alpha value is -4.99. The molecule has 5 aromatic rings. The molecule has 45 heavy (non-hydrogen) atoms. The highest BCUT2D eigenvalue weighted by atomic mass is 35.5. The maximum absolute atomic E-state index is 14.1. The second-order valence-electron chi connectivity index (χ2n) is 9.99. The molecule has 10 heteroatoms. The van der Waals surface area contributed by atoms with E-state index in [1.54, 1.807) is 74.5 Å². The molecule has 0 radical (unpaired) electrons. The number of esters is 2. The first-order chi connectivity index (χ1) is 21.9. The Bertz CT molecular complexity index is 2110. The molecule has 1 atom stereocenters. The highest BCUT2D eigenvalue weighted by Crippen LogP contribution is 2.35. The molecule has 0 fully saturated rings. The average molecular weight is 639 g/mol.